The van der Waals surface area contributed by atoms with E-state index in [1.54, 1.807) is 27.0 Å². The average Bonchev–Trinajstić information content (AvgIpc) is 2.36. The van der Waals surface area contributed by atoms with E-state index in [2.05, 4.69) is 5.32 Å². The van der Waals surface area contributed by atoms with E-state index < -0.39 is 5.60 Å². The SMILES string of the molecule is COCCNCc1cc(Cl)cc(Cl)c1OCCC(C)(C)O. The summed E-state index contributed by atoms with van der Waals surface area (Å²) < 4.78 is 10.7. The van der Waals surface area contributed by atoms with Gasteiger partial charge in [0.2, 0.25) is 0 Å². The van der Waals surface area contributed by atoms with Crippen LogP contribution in [0.15, 0.2) is 12.1 Å². The van der Waals surface area contributed by atoms with Gasteiger partial charge < -0.3 is 19.9 Å². The summed E-state index contributed by atoms with van der Waals surface area (Å²) in [6, 6.07) is 3.48. The number of rotatable bonds is 9. The van der Waals surface area contributed by atoms with Gasteiger partial charge in [-0.15, -0.1) is 0 Å². The number of halogens is 2. The molecule has 21 heavy (non-hydrogen) atoms. The van der Waals surface area contributed by atoms with Crippen LogP contribution in [0.4, 0.5) is 0 Å². The predicted molar refractivity (Wildman–Crippen MR) is 86.5 cm³/mol. The van der Waals surface area contributed by atoms with Gasteiger partial charge in [-0.2, -0.15) is 0 Å². The van der Waals surface area contributed by atoms with Gasteiger partial charge in [0.25, 0.3) is 0 Å². The normalized spacial score (nSPS) is 11.7. The smallest absolute Gasteiger partial charge is 0.142 e. The number of nitrogens with one attached hydrogen (secondary N) is 1. The Labute approximate surface area is 136 Å². The van der Waals surface area contributed by atoms with Crippen LogP contribution < -0.4 is 10.1 Å². The van der Waals surface area contributed by atoms with Crippen molar-refractivity contribution < 1.29 is 14.6 Å². The molecule has 0 bridgehead atoms. The van der Waals surface area contributed by atoms with Crippen molar-refractivity contribution in [2.75, 3.05) is 26.9 Å². The number of hydrogen-bond donors (Lipinski definition) is 2. The Hall–Kier alpha value is -0.520. The van der Waals surface area contributed by atoms with Crippen molar-refractivity contribution in [3.8, 4) is 5.75 Å². The first-order valence-electron chi connectivity index (χ1n) is 6.86. The van der Waals surface area contributed by atoms with Crippen LogP contribution in [-0.2, 0) is 11.3 Å². The highest BCUT2D eigenvalue weighted by molar-refractivity contribution is 6.35. The van der Waals surface area contributed by atoms with Crippen LogP contribution >= 0.6 is 23.2 Å². The standard InChI is InChI=1S/C15H23Cl2NO3/c1-15(2,19)4-6-21-14-11(10-18-5-7-20-3)8-12(16)9-13(14)17/h8-9,18-19H,4-7,10H2,1-3H3. The number of aliphatic hydroxyl groups is 1. The van der Waals surface area contributed by atoms with Gasteiger partial charge in [0.1, 0.15) is 5.75 Å². The zero-order valence-corrected chi connectivity index (χ0v) is 14.2. The average molecular weight is 336 g/mol. The van der Waals surface area contributed by atoms with Crippen LogP contribution in [0.25, 0.3) is 0 Å². The van der Waals surface area contributed by atoms with Crippen molar-refractivity contribution in [3.05, 3.63) is 27.7 Å². The molecule has 6 heteroatoms. The van der Waals surface area contributed by atoms with Crippen LogP contribution in [0.5, 0.6) is 5.75 Å². The Kier molecular flexibility index (Phi) is 7.77. The second kappa shape index (κ2) is 8.81. The van der Waals surface area contributed by atoms with Gasteiger partial charge >= 0.3 is 0 Å². The third-order valence-electron chi connectivity index (χ3n) is 2.84. The second-order valence-electron chi connectivity index (χ2n) is 5.46. The van der Waals surface area contributed by atoms with E-state index in [1.165, 1.54) is 0 Å². The minimum absolute atomic E-state index is 0.385. The zero-order chi connectivity index (χ0) is 15.9. The number of ether oxygens (including phenoxy) is 2. The molecule has 0 fully saturated rings. The van der Waals surface area contributed by atoms with Gasteiger partial charge in [0.05, 0.1) is 23.8 Å². The van der Waals surface area contributed by atoms with Crippen molar-refractivity contribution in [2.45, 2.75) is 32.4 Å². The molecule has 0 aliphatic heterocycles. The Morgan fingerprint density at radius 1 is 1.24 bits per heavy atom. The van der Waals surface area contributed by atoms with Crippen molar-refractivity contribution in [1.82, 2.24) is 5.32 Å². The molecule has 4 nitrogen and oxygen atoms in total. The summed E-state index contributed by atoms with van der Waals surface area (Å²) in [5.74, 6) is 0.607. The molecule has 0 atom stereocenters. The molecule has 0 aliphatic carbocycles. The Morgan fingerprint density at radius 2 is 1.95 bits per heavy atom. The van der Waals surface area contributed by atoms with Gasteiger partial charge in [-0.1, -0.05) is 23.2 Å². The Bertz CT molecular complexity index is 447. The highest BCUT2D eigenvalue weighted by Gasteiger charge is 2.15. The molecule has 0 aromatic heterocycles. The number of methoxy groups -OCH3 is 1. The van der Waals surface area contributed by atoms with Gasteiger partial charge in [-0.05, 0) is 26.0 Å². The lowest BCUT2D eigenvalue weighted by atomic mass is 10.1. The van der Waals surface area contributed by atoms with Crippen molar-refractivity contribution in [2.24, 2.45) is 0 Å². The summed E-state index contributed by atoms with van der Waals surface area (Å²) in [5, 5.41) is 14.0. The molecule has 2 N–H and O–H groups in total. The lowest BCUT2D eigenvalue weighted by Crippen LogP contribution is -2.22. The summed E-state index contributed by atoms with van der Waals surface area (Å²) in [4.78, 5) is 0. The van der Waals surface area contributed by atoms with E-state index in [-0.39, 0.29) is 0 Å². The van der Waals surface area contributed by atoms with Crippen molar-refractivity contribution >= 4 is 23.2 Å². The van der Waals surface area contributed by atoms with Crippen LogP contribution in [0.2, 0.25) is 10.0 Å². The van der Waals surface area contributed by atoms with Crippen molar-refractivity contribution in [1.29, 1.82) is 0 Å². The van der Waals surface area contributed by atoms with Crippen LogP contribution in [0.3, 0.4) is 0 Å². The second-order valence-corrected chi connectivity index (χ2v) is 6.30. The molecular formula is C15H23Cl2NO3. The first kappa shape index (κ1) is 18.5. The fourth-order valence-electron chi connectivity index (χ4n) is 1.71. The fourth-order valence-corrected chi connectivity index (χ4v) is 2.30. The minimum atomic E-state index is -0.768. The fraction of sp³-hybridized carbons (Fsp3) is 0.600. The van der Waals surface area contributed by atoms with Gasteiger partial charge in [-0.25, -0.2) is 0 Å². The van der Waals surface area contributed by atoms with Gasteiger partial charge in [-0.3, -0.25) is 0 Å². The molecule has 0 amide bonds. The van der Waals surface area contributed by atoms with E-state index in [9.17, 15) is 5.11 Å². The van der Waals surface area contributed by atoms with E-state index in [1.807, 2.05) is 6.07 Å². The maximum absolute atomic E-state index is 9.72. The zero-order valence-electron chi connectivity index (χ0n) is 12.7. The van der Waals surface area contributed by atoms with Crippen LogP contribution in [0.1, 0.15) is 25.8 Å². The number of hydrogen-bond acceptors (Lipinski definition) is 4. The summed E-state index contributed by atoms with van der Waals surface area (Å²) in [6.07, 6.45) is 0.516. The molecule has 120 valence electrons. The highest BCUT2D eigenvalue weighted by atomic mass is 35.5. The Balaban J connectivity index is 2.70. The topological polar surface area (TPSA) is 50.7 Å². The molecule has 0 spiro atoms. The first-order valence-corrected chi connectivity index (χ1v) is 7.62. The number of benzene rings is 1. The summed E-state index contributed by atoms with van der Waals surface area (Å²) in [6.45, 7) is 5.81. The third kappa shape index (κ3) is 7.34. The quantitative estimate of drug-likeness (QED) is 0.680. The van der Waals surface area contributed by atoms with E-state index in [0.29, 0.717) is 42.0 Å². The molecular weight excluding hydrogens is 313 g/mol. The maximum Gasteiger partial charge on any atom is 0.142 e. The van der Waals surface area contributed by atoms with E-state index in [0.717, 1.165) is 12.1 Å². The van der Waals surface area contributed by atoms with E-state index in [4.69, 9.17) is 32.7 Å². The van der Waals surface area contributed by atoms with Gasteiger partial charge in [0, 0.05) is 37.2 Å². The van der Waals surface area contributed by atoms with Crippen LogP contribution in [-0.4, -0.2) is 37.6 Å². The lowest BCUT2D eigenvalue weighted by Gasteiger charge is -2.19. The maximum atomic E-state index is 9.72. The van der Waals surface area contributed by atoms with Crippen LogP contribution in [0, 0.1) is 0 Å². The monoisotopic (exact) mass is 335 g/mol. The predicted octanol–water partition coefficient (Wildman–Crippen LogP) is 3.27. The molecule has 1 aromatic rings. The molecule has 0 aliphatic rings. The minimum Gasteiger partial charge on any atom is -0.492 e. The summed E-state index contributed by atoms with van der Waals surface area (Å²) in [7, 11) is 1.66. The summed E-state index contributed by atoms with van der Waals surface area (Å²) >= 11 is 12.2. The van der Waals surface area contributed by atoms with Gasteiger partial charge in [0.15, 0.2) is 0 Å². The lowest BCUT2D eigenvalue weighted by molar-refractivity contribution is 0.0552. The largest absolute Gasteiger partial charge is 0.492 e. The molecule has 1 rings (SSSR count). The Morgan fingerprint density at radius 3 is 2.57 bits per heavy atom. The summed E-state index contributed by atoms with van der Waals surface area (Å²) in [5.41, 5.74) is 0.120. The molecule has 1 aromatic carbocycles. The van der Waals surface area contributed by atoms with E-state index >= 15 is 0 Å². The molecule has 0 heterocycles. The molecule has 0 radical (unpaired) electrons. The van der Waals surface area contributed by atoms with Crippen molar-refractivity contribution in [3.63, 3.8) is 0 Å². The molecule has 0 unspecified atom stereocenters. The molecule has 0 saturated heterocycles. The highest BCUT2D eigenvalue weighted by Crippen LogP contribution is 2.32. The third-order valence-corrected chi connectivity index (χ3v) is 3.34. The molecule has 0 saturated carbocycles. The first-order chi connectivity index (χ1) is 9.83.